The Kier molecular flexibility index (Phi) is 9.75. The Morgan fingerprint density at radius 3 is 2.65 bits per heavy atom. The zero-order chi connectivity index (χ0) is 32.9. The van der Waals surface area contributed by atoms with Crippen molar-refractivity contribution in [1.29, 1.82) is 0 Å². The summed E-state index contributed by atoms with van der Waals surface area (Å²) in [4.78, 5) is 30.6. The number of nitrogens with zero attached hydrogens (tertiary/aromatic N) is 4. The average Bonchev–Trinajstić information content (AvgIpc) is 3.53. The maximum atomic E-state index is 14.3. The monoisotopic (exact) mass is 667 g/mol. The van der Waals surface area contributed by atoms with Gasteiger partial charge in [0, 0.05) is 49.2 Å². The van der Waals surface area contributed by atoms with Gasteiger partial charge in [-0.3, -0.25) is 9.69 Å². The molecule has 2 aliphatic rings. The second-order valence-corrected chi connectivity index (χ2v) is 12.9. The number of thiazole rings is 1. The summed E-state index contributed by atoms with van der Waals surface area (Å²) in [6, 6.07) is 18.7. The van der Waals surface area contributed by atoms with E-state index in [1.165, 1.54) is 17.2 Å². The molecule has 5 aromatic rings. The summed E-state index contributed by atoms with van der Waals surface area (Å²) in [6.45, 7) is 6.15. The molecule has 7 rings (SSSR count). The van der Waals surface area contributed by atoms with E-state index in [4.69, 9.17) is 14.7 Å². The highest BCUT2D eigenvalue weighted by molar-refractivity contribution is 7.15. The van der Waals surface area contributed by atoms with Gasteiger partial charge in [-0.15, -0.1) is 11.3 Å². The molecule has 48 heavy (non-hydrogen) atoms. The number of aromatic nitrogens is 3. The van der Waals surface area contributed by atoms with Gasteiger partial charge in [-0.2, -0.15) is 0 Å². The fourth-order valence-corrected chi connectivity index (χ4v) is 7.10. The Morgan fingerprint density at radius 1 is 0.958 bits per heavy atom. The van der Waals surface area contributed by atoms with Crippen LogP contribution in [0.4, 0.5) is 26.1 Å². The average molecular weight is 668 g/mol. The highest BCUT2D eigenvalue weighted by Crippen LogP contribution is 2.38. The van der Waals surface area contributed by atoms with Crippen LogP contribution in [-0.4, -0.2) is 65.2 Å². The molecule has 2 aromatic heterocycles. The number of hydrogen-bond acceptors (Lipinski definition) is 9. The van der Waals surface area contributed by atoms with Crippen molar-refractivity contribution in [2.75, 3.05) is 50.0 Å². The quantitative estimate of drug-likeness (QED) is 0.156. The summed E-state index contributed by atoms with van der Waals surface area (Å²) in [7, 11) is 0. The van der Waals surface area contributed by atoms with Crippen molar-refractivity contribution in [2.24, 2.45) is 0 Å². The van der Waals surface area contributed by atoms with Crippen molar-refractivity contribution >= 4 is 34.6 Å². The van der Waals surface area contributed by atoms with Gasteiger partial charge in [0.05, 0.1) is 34.5 Å². The van der Waals surface area contributed by atoms with Gasteiger partial charge in [0.15, 0.2) is 0 Å². The summed E-state index contributed by atoms with van der Waals surface area (Å²) in [6.07, 6.45) is 4.47. The number of amides is 1. The van der Waals surface area contributed by atoms with E-state index in [-0.39, 0.29) is 0 Å². The Hall–Kier alpha value is -4.62. The Balaban J connectivity index is 1.17. The number of carbonyl (C=O) groups excluding carboxylic acids is 1. The van der Waals surface area contributed by atoms with E-state index >= 15 is 0 Å². The molecule has 0 bridgehead atoms. The number of hydrogen-bond donors (Lipinski definition) is 3. The molecule has 0 aliphatic carbocycles. The molecule has 0 unspecified atom stereocenters. The Labute approximate surface area is 281 Å². The van der Waals surface area contributed by atoms with Crippen LogP contribution in [0.1, 0.15) is 32.9 Å². The van der Waals surface area contributed by atoms with Crippen LogP contribution in [0.15, 0.2) is 72.9 Å². The van der Waals surface area contributed by atoms with E-state index in [1.54, 1.807) is 35.7 Å². The zero-order valence-electron chi connectivity index (χ0n) is 26.3. The highest BCUT2D eigenvalue weighted by atomic mass is 32.1. The molecule has 0 radical (unpaired) electrons. The van der Waals surface area contributed by atoms with Gasteiger partial charge in [0.2, 0.25) is 5.95 Å². The molecule has 0 spiro atoms. The van der Waals surface area contributed by atoms with Crippen molar-refractivity contribution in [3.05, 3.63) is 106 Å². The van der Waals surface area contributed by atoms with Crippen molar-refractivity contribution in [3.63, 3.8) is 0 Å². The lowest BCUT2D eigenvalue weighted by Gasteiger charge is -2.26. The first-order chi connectivity index (χ1) is 23.5. The van der Waals surface area contributed by atoms with Crippen LogP contribution in [0.25, 0.3) is 21.8 Å². The molecular weight excluding hydrogens is 633 g/mol. The van der Waals surface area contributed by atoms with Gasteiger partial charge >= 0.3 is 0 Å². The van der Waals surface area contributed by atoms with E-state index in [2.05, 4.69) is 44.0 Å². The first kappa shape index (κ1) is 32.0. The first-order valence-electron chi connectivity index (χ1n) is 16.1. The summed E-state index contributed by atoms with van der Waals surface area (Å²) in [5, 5.41) is 10.4. The molecule has 0 atom stereocenters. The van der Waals surface area contributed by atoms with E-state index in [1.807, 2.05) is 12.1 Å². The number of carbonyl (C=O) groups is 1. The largest absolute Gasteiger partial charge is 0.379 e. The molecule has 3 N–H and O–H groups in total. The Morgan fingerprint density at radius 2 is 1.79 bits per heavy atom. The van der Waals surface area contributed by atoms with Gasteiger partial charge in [-0.1, -0.05) is 24.3 Å². The maximum Gasteiger partial charge on any atom is 0.261 e. The number of nitrogens with one attached hydrogen (secondary N) is 3. The lowest BCUT2D eigenvalue weighted by Crippen LogP contribution is -2.36. The minimum atomic E-state index is -0.924. The molecule has 12 heteroatoms. The van der Waals surface area contributed by atoms with Crippen molar-refractivity contribution in [2.45, 2.75) is 25.8 Å². The van der Waals surface area contributed by atoms with Gasteiger partial charge in [-0.05, 0) is 79.5 Å². The molecular formula is C36H35F2N7O2S. The van der Waals surface area contributed by atoms with Gasteiger partial charge < -0.3 is 20.7 Å². The van der Waals surface area contributed by atoms with Crippen LogP contribution in [0.2, 0.25) is 0 Å². The molecule has 1 amide bonds. The number of fused-ring (bicyclic) bond motifs is 1. The molecule has 4 heterocycles. The SMILES string of the molecule is O=C(Nc1cccc(-c2nc(CCCN3CCOCC3)sc2-c2ccnc(Nc3ccc4c(c3)CNCC4)n2)c1)c1c(F)cccc1F. The van der Waals surface area contributed by atoms with Crippen LogP contribution < -0.4 is 16.0 Å². The maximum absolute atomic E-state index is 14.3. The van der Waals surface area contributed by atoms with Gasteiger partial charge in [0.1, 0.15) is 17.2 Å². The molecule has 2 aliphatic heterocycles. The van der Waals surface area contributed by atoms with E-state index < -0.39 is 23.1 Å². The number of anilines is 3. The molecule has 1 fully saturated rings. The predicted molar refractivity (Wildman–Crippen MR) is 184 cm³/mol. The fraction of sp³-hybridized carbons (Fsp3) is 0.278. The standard InChI is InChI=1S/C36H35F2N7O2S/c37-28-6-2-7-29(38)32(28)35(46)41-26-5-1-4-24(20-26)33-34(48-31(44-33)8-3-15-45-16-18-47-19-17-45)30-12-14-40-36(43-30)42-27-10-9-23-11-13-39-22-25(23)21-27/h1-2,4-7,9-10,12,14,20-21,39H,3,8,11,13,15-19,22H2,(H,41,46)(H,40,42,43). The third kappa shape index (κ3) is 7.42. The van der Waals surface area contributed by atoms with Crippen LogP contribution in [-0.2, 0) is 24.1 Å². The van der Waals surface area contributed by atoms with Crippen LogP contribution in [0.5, 0.6) is 0 Å². The normalized spacial score (nSPS) is 14.8. The molecule has 9 nitrogen and oxygen atoms in total. The smallest absolute Gasteiger partial charge is 0.261 e. The number of morpholine rings is 1. The second kappa shape index (κ2) is 14.7. The van der Waals surface area contributed by atoms with Crippen molar-refractivity contribution < 1.29 is 18.3 Å². The summed E-state index contributed by atoms with van der Waals surface area (Å²) < 4.78 is 34.1. The van der Waals surface area contributed by atoms with Crippen molar-refractivity contribution in [1.82, 2.24) is 25.2 Å². The van der Waals surface area contributed by atoms with E-state index in [9.17, 15) is 13.6 Å². The highest BCUT2D eigenvalue weighted by Gasteiger charge is 2.21. The molecule has 0 saturated carbocycles. The lowest BCUT2D eigenvalue weighted by molar-refractivity contribution is 0.0374. The van der Waals surface area contributed by atoms with Gasteiger partial charge in [-0.25, -0.2) is 23.7 Å². The molecule has 1 saturated heterocycles. The van der Waals surface area contributed by atoms with E-state index in [0.717, 1.165) is 98.5 Å². The summed E-state index contributed by atoms with van der Waals surface area (Å²) in [5.41, 5.74) is 5.44. The zero-order valence-corrected chi connectivity index (χ0v) is 27.1. The summed E-state index contributed by atoms with van der Waals surface area (Å²) >= 11 is 1.58. The predicted octanol–water partition coefficient (Wildman–Crippen LogP) is 6.45. The summed E-state index contributed by atoms with van der Waals surface area (Å²) in [5.74, 6) is -2.24. The number of ether oxygens (including phenoxy) is 1. The minimum absolute atomic E-state index is 0.389. The lowest BCUT2D eigenvalue weighted by atomic mass is 10.0. The third-order valence-electron chi connectivity index (χ3n) is 8.46. The molecule has 3 aromatic carbocycles. The number of halogens is 2. The van der Waals surface area contributed by atoms with E-state index in [0.29, 0.717) is 23.0 Å². The Bertz CT molecular complexity index is 1910. The topological polar surface area (TPSA) is 104 Å². The fourth-order valence-electron chi connectivity index (χ4n) is 6.00. The number of benzene rings is 3. The molecule has 246 valence electrons. The van der Waals surface area contributed by atoms with Crippen LogP contribution in [0.3, 0.4) is 0 Å². The number of rotatable bonds is 10. The van der Waals surface area contributed by atoms with Crippen LogP contribution >= 0.6 is 11.3 Å². The first-order valence-corrected chi connectivity index (χ1v) is 16.9. The second-order valence-electron chi connectivity index (χ2n) is 11.8. The van der Waals surface area contributed by atoms with Crippen molar-refractivity contribution in [3.8, 4) is 21.8 Å². The van der Waals surface area contributed by atoms with Gasteiger partial charge in [0.25, 0.3) is 5.91 Å². The third-order valence-corrected chi connectivity index (χ3v) is 9.60. The van der Waals surface area contributed by atoms with Crippen LogP contribution in [0, 0.1) is 11.6 Å². The number of aryl methyl sites for hydroxylation is 1. The minimum Gasteiger partial charge on any atom is -0.379 e.